The summed E-state index contributed by atoms with van der Waals surface area (Å²) in [6, 6.07) is 11.2. The molecule has 1 amide bonds. The summed E-state index contributed by atoms with van der Waals surface area (Å²) in [4.78, 5) is 17.0. The third kappa shape index (κ3) is 8.03. The summed E-state index contributed by atoms with van der Waals surface area (Å²) in [5.41, 5.74) is 1.37. The number of carbonyl (C=O) groups excluding carboxylic acids is 1. The number of benzene rings is 1. The first kappa shape index (κ1) is 27.4. The molecular formula is C19H33Cl3N4O2. The second-order valence-corrected chi connectivity index (χ2v) is 6.93. The molecule has 0 aromatic heterocycles. The minimum atomic E-state index is -0.338. The highest BCUT2D eigenvalue weighted by molar-refractivity contribution is 5.86. The first-order chi connectivity index (χ1) is 12.2. The van der Waals surface area contributed by atoms with Crippen LogP contribution in [0.5, 0.6) is 0 Å². The van der Waals surface area contributed by atoms with Crippen LogP contribution in [0.2, 0.25) is 0 Å². The Morgan fingerprint density at radius 1 is 1.21 bits per heavy atom. The van der Waals surface area contributed by atoms with Crippen LogP contribution in [0.15, 0.2) is 30.3 Å². The number of hydrogen-bond donors (Lipinski definition) is 2. The molecule has 2 heterocycles. The molecule has 0 bridgehead atoms. The average Bonchev–Trinajstić information content (AvgIpc) is 2.67. The predicted octanol–water partition coefficient (Wildman–Crippen LogP) is 1.74. The van der Waals surface area contributed by atoms with Gasteiger partial charge in [-0.2, -0.15) is 0 Å². The van der Waals surface area contributed by atoms with Gasteiger partial charge >= 0.3 is 0 Å². The smallest absolute Gasteiger partial charge is 0.250 e. The molecule has 2 aliphatic heterocycles. The van der Waals surface area contributed by atoms with Gasteiger partial charge in [0, 0.05) is 51.9 Å². The summed E-state index contributed by atoms with van der Waals surface area (Å²) in [6.45, 7) is 6.96. The highest BCUT2D eigenvalue weighted by Gasteiger charge is 2.26. The van der Waals surface area contributed by atoms with E-state index in [-0.39, 0.29) is 49.2 Å². The van der Waals surface area contributed by atoms with Crippen molar-refractivity contribution < 1.29 is 9.53 Å². The van der Waals surface area contributed by atoms with Crippen molar-refractivity contribution in [3.05, 3.63) is 35.9 Å². The van der Waals surface area contributed by atoms with Gasteiger partial charge in [-0.15, -0.1) is 37.2 Å². The van der Waals surface area contributed by atoms with Gasteiger partial charge in [0.1, 0.15) is 6.10 Å². The molecule has 162 valence electrons. The van der Waals surface area contributed by atoms with Gasteiger partial charge in [0.2, 0.25) is 5.91 Å². The van der Waals surface area contributed by atoms with Crippen LogP contribution in [-0.4, -0.2) is 81.3 Å². The summed E-state index contributed by atoms with van der Waals surface area (Å²) >= 11 is 0. The van der Waals surface area contributed by atoms with Crippen LogP contribution in [0.1, 0.15) is 18.0 Å². The normalized spacial score (nSPS) is 22.9. The number of likely N-dealkylation sites (N-methyl/N-ethyl adjacent to an activating group) is 1. The lowest BCUT2D eigenvalue weighted by Gasteiger charge is -2.40. The Morgan fingerprint density at radius 3 is 2.64 bits per heavy atom. The van der Waals surface area contributed by atoms with Gasteiger partial charge in [0.25, 0.3) is 0 Å². The number of carbonyl (C=O) groups is 1. The van der Waals surface area contributed by atoms with Gasteiger partial charge in [-0.1, -0.05) is 30.3 Å². The Labute approximate surface area is 187 Å². The van der Waals surface area contributed by atoms with Crippen LogP contribution < -0.4 is 10.6 Å². The molecule has 0 radical (unpaired) electrons. The fourth-order valence-corrected chi connectivity index (χ4v) is 3.56. The molecule has 9 heteroatoms. The van der Waals surface area contributed by atoms with Gasteiger partial charge in [-0.3, -0.25) is 9.69 Å². The van der Waals surface area contributed by atoms with E-state index in [0.29, 0.717) is 25.7 Å². The number of nitrogens with zero attached hydrogens (tertiary/aromatic N) is 2. The van der Waals surface area contributed by atoms with E-state index in [0.717, 1.165) is 39.1 Å². The molecule has 28 heavy (non-hydrogen) atoms. The number of ether oxygens (including phenoxy) is 1. The molecule has 0 spiro atoms. The lowest BCUT2D eigenvalue weighted by Crippen LogP contribution is -2.49. The molecule has 2 aliphatic rings. The van der Waals surface area contributed by atoms with Crippen LogP contribution in [0.3, 0.4) is 0 Å². The van der Waals surface area contributed by atoms with Gasteiger partial charge in [0.05, 0.1) is 6.61 Å². The number of rotatable bonds is 6. The van der Waals surface area contributed by atoms with E-state index >= 15 is 0 Å². The van der Waals surface area contributed by atoms with Crippen LogP contribution in [0.4, 0.5) is 0 Å². The molecule has 1 unspecified atom stereocenters. The van der Waals surface area contributed by atoms with E-state index in [1.165, 1.54) is 5.56 Å². The molecule has 0 aliphatic carbocycles. The number of nitrogens with one attached hydrogen (secondary N) is 2. The molecule has 3 rings (SSSR count). The van der Waals surface area contributed by atoms with Crippen molar-refractivity contribution in [3.8, 4) is 0 Å². The quantitative estimate of drug-likeness (QED) is 0.640. The van der Waals surface area contributed by atoms with Gasteiger partial charge < -0.3 is 20.3 Å². The minimum absolute atomic E-state index is 0. The van der Waals surface area contributed by atoms with Crippen molar-refractivity contribution in [2.75, 3.05) is 59.5 Å². The maximum absolute atomic E-state index is 12.1. The zero-order valence-corrected chi connectivity index (χ0v) is 18.8. The van der Waals surface area contributed by atoms with E-state index in [4.69, 9.17) is 4.74 Å². The summed E-state index contributed by atoms with van der Waals surface area (Å²) in [7, 11) is 2.19. The Hall–Kier alpha value is -0.600. The van der Waals surface area contributed by atoms with Gasteiger partial charge in [-0.05, 0) is 19.0 Å². The molecule has 2 atom stereocenters. The van der Waals surface area contributed by atoms with Crippen molar-refractivity contribution in [3.63, 3.8) is 0 Å². The fourth-order valence-electron chi connectivity index (χ4n) is 3.56. The molecule has 6 nitrogen and oxygen atoms in total. The Balaban J connectivity index is 0.00000243. The average molecular weight is 456 g/mol. The third-order valence-electron chi connectivity index (χ3n) is 5.02. The topological polar surface area (TPSA) is 56.8 Å². The van der Waals surface area contributed by atoms with Crippen LogP contribution in [-0.2, 0) is 9.53 Å². The molecule has 2 saturated heterocycles. The Kier molecular flexibility index (Phi) is 14.1. The highest BCUT2D eigenvalue weighted by atomic mass is 35.5. The summed E-state index contributed by atoms with van der Waals surface area (Å²) < 4.78 is 5.48. The third-order valence-corrected chi connectivity index (χ3v) is 5.02. The first-order valence-electron chi connectivity index (χ1n) is 9.31. The van der Waals surface area contributed by atoms with E-state index in [1.54, 1.807) is 0 Å². The molecule has 1 aromatic rings. The zero-order valence-electron chi connectivity index (χ0n) is 16.3. The maximum Gasteiger partial charge on any atom is 0.250 e. The maximum atomic E-state index is 12.1. The molecule has 2 N–H and O–H groups in total. The monoisotopic (exact) mass is 454 g/mol. The molecule has 2 fully saturated rings. The summed E-state index contributed by atoms with van der Waals surface area (Å²) in [5.74, 6) is 0.00480. The van der Waals surface area contributed by atoms with Crippen molar-refractivity contribution in [1.82, 2.24) is 20.4 Å². The zero-order chi connectivity index (χ0) is 17.5. The van der Waals surface area contributed by atoms with Crippen molar-refractivity contribution in [2.45, 2.75) is 18.6 Å². The number of morpholine rings is 1. The van der Waals surface area contributed by atoms with Crippen LogP contribution in [0, 0.1) is 0 Å². The van der Waals surface area contributed by atoms with Gasteiger partial charge in [-0.25, -0.2) is 0 Å². The van der Waals surface area contributed by atoms with E-state index < -0.39 is 0 Å². The van der Waals surface area contributed by atoms with Crippen LogP contribution >= 0.6 is 37.2 Å². The van der Waals surface area contributed by atoms with Crippen molar-refractivity contribution >= 4 is 43.1 Å². The van der Waals surface area contributed by atoms with E-state index in [9.17, 15) is 4.79 Å². The fraction of sp³-hybridized carbons (Fsp3) is 0.632. The lowest BCUT2D eigenvalue weighted by atomic mass is 10.0. The van der Waals surface area contributed by atoms with Crippen LogP contribution in [0.25, 0.3) is 0 Å². The number of amides is 1. The second kappa shape index (κ2) is 14.4. The lowest BCUT2D eigenvalue weighted by molar-refractivity contribution is -0.134. The predicted molar refractivity (Wildman–Crippen MR) is 120 cm³/mol. The number of hydrogen-bond acceptors (Lipinski definition) is 5. The first-order valence-corrected chi connectivity index (χ1v) is 9.31. The summed E-state index contributed by atoms with van der Waals surface area (Å²) in [5, 5.41) is 6.20. The Bertz CT molecular complexity index is 547. The van der Waals surface area contributed by atoms with Gasteiger partial charge in [0.15, 0.2) is 0 Å². The summed E-state index contributed by atoms with van der Waals surface area (Å²) in [6.07, 6.45) is 0.619. The Morgan fingerprint density at radius 2 is 1.96 bits per heavy atom. The van der Waals surface area contributed by atoms with Crippen molar-refractivity contribution in [2.24, 2.45) is 0 Å². The molecule has 0 saturated carbocycles. The van der Waals surface area contributed by atoms with E-state index in [1.807, 2.05) is 0 Å². The largest absolute Gasteiger partial charge is 0.366 e. The standard InChI is InChI=1S/C19H30N4O2.3ClH/c1-22-11-12-23(17(15-22)16-6-3-2-4-7-16)10-5-8-21-19(24)18-14-20-9-13-25-18;;;/h2-4,6-7,17-18,20H,5,8-15H2,1H3,(H,21,24);3*1H/t17?,18-;;;/m1.../s1. The van der Waals surface area contributed by atoms with E-state index in [2.05, 4.69) is 57.8 Å². The SMILES string of the molecule is CN1CCN(CCCNC(=O)[C@H]2CNCCO2)C(c2ccccc2)C1.Cl.Cl.Cl. The number of halogens is 3. The highest BCUT2D eigenvalue weighted by Crippen LogP contribution is 2.24. The number of piperazine rings is 1. The van der Waals surface area contributed by atoms with Crippen molar-refractivity contribution in [1.29, 1.82) is 0 Å². The molecule has 1 aromatic carbocycles. The minimum Gasteiger partial charge on any atom is -0.366 e. The second-order valence-electron chi connectivity index (χ2n) is 6.93. The molecular weight excluding hydrogens is 423 g/mol.